The quantitative estimate of drug-likeness (QED) is 0.138. The molecule has 0 saturated heterocycles. The Bertz CT molecular complexity index is 2390. The number of hydrogen-bond acceptors (Lipinski definition) is 0. The first kappa shape index (κ1) is 35.8. The fraction of sp³-hybridized carbons (Fsp3) is 0.111. The van der Waals surface area contributed by atoms with Crippen LogP contribution in [-0.2, 0) is 0 Å². The zero-order valence-electron chi connectivity index (χ0n) is 32.8. The highest BCUT2D eigenvalue weighted by Gasteiger charge is 2.31. The van der Waals surface area contributed by atoms with Gasteiger partial charge in [0.05, 0.1) is 0 Å². The lowest BCUT2D eigenvalue weighted by molar-refractivity contribution is 1.38. The molecule has 0 radical (unpaired) electrons. The summed E-state index contributed by atoms with van der Waals surface area (Å²) >= 11 is 0. The Labute approximate surface area is 328 Å². The molecule has 0 amide bonds. The summed E-state index contributed by atoms with van der Waals surface area (Å²) in [6.07, 6.45) is 0. The highest BCUT2D eigenvalue weighted by Crippen LogP contribution is 2.29. The average Bonchev–Trinajstić information content (AvgIpc) is 3.21. The standard InChI is InChI=1S/C54H47B/c1-36-30-49(44-20-14-9-15-21-44)31-37(2)52(36)55(53-38(3)32-50(33-39(53)4)47-26-22-45(23-27-47)42-16-10-7-11-17-42)54-40(5)34-51(35-41(54)6)48-28-24-46(25-29-48)43-18-12-8-13-19-43/h7-35H,1-6H3. The van der Waals surface area contributed by atoms with Crippen LogP contribution in [0.2, 0.25) is 0 Å². The number of rotatable bonds is 8. The maximum absolute atomic E-state index is 2.41. The lowest BCUT2D eigenvalue weighted by Crippen LogP contribution is -2.57. The third-order valence-electron chi connectivity index (χ3n) is 11.4. The molecular formula is C54H47B. The normalized spacial score (nSPS) is 11.1. The van der Waals surface area contributed by atoms with E-state index < -0.39 is 0 Å². The van der Waals surface area contributed by atoms with Crippen molar-refractivity contribution in [3.63, 3.8) is 0 Å². The first-order chi connectivity index (χ1) is 26.7. The second-order valence-electron chi connectivity index (χ2n) is 15.3. The van der Waals surface area contributed by atoms with Gasteiger partial charge in [-0.3, -0.25) is 0 Å². The summed E-state index contributed by atoms with van der Waals surface area (Å²) in [7, 11) is 0. The first-order valence-electron chi connectivity index (χ1n) is 19.5. The molecule has 0 nitrogen and oxygen atoms in total. The minimum atomic E-state index is 0.0776. The zero-order valence-corrected chi connectivity index (χ0v) is 32.8. The van der Waals surface area contributed by atoms with Crippen LogP contribution in [0.5, 0.6) is 0 Å². The van der Waals surface area contributed by atoms with E-state index >= 15 is 0 Å². The molecule has 8 aromatic carbocycles. The van der Waals surface area contributed by atoms with Crippen LogP contribution in [0.1, 0.15) is 33.4 Å². The molecule has 8 rings (SSSR count). The molecule has 0 aliphatic rings. The van der Waals surface area contributed by atoms with Gasteiger partial charge < -0.3 is 0 Å². The van der Waals surface area contributed by atoms with Crippen molar-refractivity contribution in [1.82, 2.24) is 0 Å². The molecule has 0 fully saturated rings. The van der Waals surface area contributed by atoms with E-state index in [0.29, 0.717) is 0 Å². The molecule has 0 N–H and O–H groups in total. The van der Waals surface area contributed by atoms with Crippen LogP contribution in [0.15, 0.2) is 176 Å². The minimum absolute atomic E-state index is 0.0776. The Kier molecular flexibility index (Phi) is 9.96. The molecular weight excluding hydrogens is 659 g/mol. The first-order valence-corrected chi connectivity index (χ1v) is 19.5. The minimum Gasteiger partial charge on any atom is -0.0629 e. The van der Waals surface area contributed by atoms with Crippen molar-refractivity contribution in [3.8, 4) is 55.6 Å². The van der Waals surface area contributed by atoms with Gasteiger partial charge in [0.2, 0.25) is 6.71 Å². The van der Waals surface area contributed by atoms with Crippen LogP contribution in [-0.4, -0.2) is 6.71 Å². The molecule has 55 heavy (non-hydrogen) atoms. The fourth-order valence-corrected chi connectivity index (χ4v) is 8.83. The second-order valence-corrected chi connectivity index (χ2v) is 15.3. The molecule has 0 bridgehead atoms. The van der Waals surface area contributed by atoms with Gasteiger partial charge >= 0.3 is 0 Å². The summed E-state index contributed by atoms with van der Waals surface area (Å²) in [4.78, 5) is 0. The monoisotopic (exact) mass is 706 g/mol. The summed E-state index contributed by atoms with van der Waals surface area (Å²) in [5, 5.41) is 0. The molecule has 0 heterocycles. The molecule has 0 spiro atoms. The Balaban J connectivity index is 1.24. The van der Waals surface area contributed by atoms with Crippen molar-refractivity contribution in [2.45, 2.75) is 41.5 Å². The van der Waals surface area contributed by atoms with Gasteiger partial charge in [-0.1, -0.05) is 226 Å². The molecule has 1 heteroatoms. The van der Waals surface area contributed by atoms with Crippen LogP contribution in [0.3, 0.4) is 0 Å². The van der Waals surface area contributed by atoms with Crippen LogP contribution in [0.25, 0.3) is 55.6 Å². The summed E-state index contributed by atoms with van der Waals surface area (Å²) < 4.78 is 0. The van der Waals surface area contributed by atoms with E-state index in [-0.39, 0.29) is 6.71 Å². The van der Waals surface area contributed by atoms with Crippen molar-refractivity contribution < 1.29 is 0 Å². The molecule has 0 saturated carbocycles. The van der Waals surface area contributed by atoms with Gasteiger partial charge in [-0.15, -0.1) is 0 Å². The van der Waals surface area contributed by atoms with Crippen molar-refractivity contribution in [1.29, 1.82) is 0 Å². The third kappa shape index (κ3) is 7.23. The Morgan fingerprint density at radius 1 is 0.218 bits per heavy atom. The van der Waals surface area contributed by atoms with Crippen LogP contribution in [0, 0.1) is 41.5 Å². The van der Waals surface area contributed by atoms with Gasteiger partial charge in [0.15, 0.2) is 0 Å². The smallest absolute Gasteiger partial charge is 0.0629 e. The van der Waals surface area contributed by atoms with Crippen molar-refractivity contribution >= 4 is 23.1 Å². The van der Waals surface area contributed by atoms with E-state index in [9.17, 15) is 0 Å². The lowest BCUT2D eigenvalue weighted by atomic mass is 9.33. The summed E-state index contributed by atoms with van der Waals surface area (Å²) in [5.74, 6) is 0. The molecule has 8 aromatic rings. The van der Waals surface area contributed by atoms with Gasteiger partial charge in [-0.25, -0.2) is 0 Å². The third-order valence-corrected chi connectivity index (χ3v) is 11.4. The van der Waals surface area contributed by atoms with E-state index in [1.165, 1.54) is 105 Å². The Morgan fingerprint density at radius 3 is 0.636 bits per heavy atom. The fourth-order valence-electron chi connectivity index (χ4n) is 8.83. The Hall–Kier alpha value is -6.18. The van der Waals surface area contributed by atoms with Crippen molar-refractivity contribution in [3.05, 3.63) is 209 Å². The second kappa shape index (κ2) is 15.3. The topological polar surface area (TPSA) is 0 Å². The molecule has 0 aromatic heterocycles. The SMILES string of the molecule is Cc1cc(-c2ccccc2)cc(C)c1B(c1c(C)cc(-c2ccc(-c3ccccc3)cc2)cc1C)c1c(C)cc(-c2ccc(-c3ccccc3)cc2)cc1C. The summed E-state index contributed by atoms with van der Waals surface area (Å²) in [5.41, 5.74) is 24.6. The van der Waals surface area contributed by atoms with Gasteiger partial charge in [0.1, 0.15) is 0 Å². The predicted octanol–water partition coefficient (Wildman–Crippen LogP) is 12.4. The molecule has 0 unspecified atom stereocenters. The van der Waals surface area contributed by atoms with Crippen LogP contribution < -0.4 is 16.4 Å². The van der Waals surface area contributed by atoms with Gasteiger partial charge in [0.25, 0.3) is 0 Å². The molecule has 0 aliphatic carbocycles. The van der Waals surface area contributed by atoms with E-state index in [1.54, 1.807) is 0 Å². The predicted molar refractivity (Wildman–Crippen MR) is 240 cm³/mol. The van der Waals surface area contributed by atoms with Crippen LogP contribution in [0.4, 0.5) is 0 Å². The van der Waals surface area contributed by atoms with Crippen molar-refractivity contribution in [2.75, 3.05) is 0 Å². The number of hydrogen-bond donors (Lipinski definition) is 0. The van der Waals surface area contributed by atoms with Gasteiger partial charge in [-0.05, 0) is 97.2 Å². The van der Waals surface area contributed by atoms with E-state index in [4.69, 9.17) is 0 Å². The van der Waals surface area contributed by atoms with E-state index in [2.05, 4.69) is 217 Å². The molecule has 266 valence electrons. The summed E-state index contributed by atoms with van der Waals surface area (Å²) in [6.45, 7) is 13.9. The van der Waals surface area contributed by atoms with Crippen LogP contribution >= 0.6 is 0 Å². The highest BCUT2D eigenvalue weighted by molar-refractivity contribution is 6.97. The van der Waals surface area contributed by atoms with Gasteiger partial charge in [0, 0.05) is 0 Å². The Morgan fingerprint density at radius 2 is 0.400 bits per heavy atom. The van der Waals surface area contributed by atoms with Gasteiger partial charge in [-0.2, -0.15) is 0 Å². The summed E-state index contributed by atoms with van der Waals surface area (Å²) in [6, 6.07) is 64.5. The van der Waals surface area contributed by atoms with E-state index in [1.807, 2.05) is 0 Å². The zero-order chi connectivity index (χ0) is 38.1. The van der Waals surface area contributed by atoms with Crippen molar-refractivity contribution in [2.24, 2.45) is 0 Å². The number of aryl methyl sites for hydroxylation is 6. The molecule has 0 aliphatic heterocycles. The highest BCUT2D eigenvalue weighted by atomic mass is 14.2. The maximum atomic E-state index is 2.41. The number of benzene rings is 8. The lowest BCUT2D eigenvalue weighted by Gasteiger charge is -2.28. The average molecular weight is 707 g/mol. The maximum Gasteiger partial charge on any atom is 0.243 e. The van der Waals surface area contributed by atoms with E-state index in [0.717, 1.165) is 0 Å². The largest absolute Gasteiger partial charge is 0.243 e. The molecule has 0 atom stereocenters.